The van der Waals surface area contributed by atoms with E-state index in [1.165, 1.54) is 10.8 Å². The highest BCUT2D eigenvalue weighted by Crippen LogP contribution is 2.28. The number of alkyl halides is 2. The third kappa shape index (κ3) is 3.61. The summed E-state index contributed by atoms with van der Waals surface area (Å²) in [6.07, 6.45) is 3.23. The highest BCUT2D eigenvalue weighted by molar-refractivity contribution is 5.92. The molecule has 6 heteroatoms. The SMILES string of the molecule is CN(C(=O)c1cccn1CC(F)F)C1CCCCC1CN. The Morgan fingerprint density at radius 2 is 2.19 bits per heavy atom. The molecule has 0 aromatic carbocycles. The number of aromatic nitrogens is 1. The van der Waals surface area contributed by atoms with Gasteiger partial charge in [-0.3, -0.25) is 4.79 Å². The minimum Gasteiger partial charge on any atom is -0.338 e. The lowest BCUT2D eigenvalue weighted by atomic mass is 9.83. The minimum absolute atomic E-state index is 0.103. The highest BCUT2D eigenvalue weighted by Gasteiger charge is 2.31. The molecule has 0 bridgehead atoms. The van der Waals surface area contributed by atoms with Crippen LogP contribution >= 0.6 is 0 Å². The Bertz CT molecular complexity index is 475. The average Bonchev–Trinajstić information content (AvgIpc) is 2.92. The van der Waals surface area contributed by atoms with Gasteiger partial charge in [0, 0.05) is 19.3 Å². The van der Waals surface area contributed by atoms with Crippen LogP contribution in [0.2, 0.25) is 0 Å². The molecule has 1 aromatic heterocycles. The molecule has 1 amide bonds. The predicted molar refractivity (Wildman–Crippen MR) is 77.3 cm³/mol. The van der Waals surface area contributed by atoms with Crippen LogP contribution in [0, 0.1) is 5.92 Å². The lowest BCUT2D eigenvalue weighted by Crippen LogP contribution is -2.46. The predicted octanol–water partition coefficient (Wildman–Crippen LogP) is 2.34. The Kier molecular flexibility index (Phi) is 5.33. The van der Waals surface area contributed by atoms with Gasteiger partial charge in [-0.15, -0.1) is 0 Å². The van der Waals surface area contributed by atoms with Gasteiger partial charge in [0.1, 0.15) is 5.69 Å². The molecular formula is C15H23F2N3O. The van der Waals surface area contributed by atoms with Crippen molar-refractivity contribution in [3.8, 4) is 0 Å². The molecule has 4 nitrogen and oxygen atoms in total. The van der Waals surface area contributed by atoms with E-state index in [1.807, 2.05) is 0 Å². The number of nitrogens with zero attached hydrogens (tertiary/aromatic N) is 2. The first-order valence-electron chi connectivity index (χ1n) is 7.45. The quantitative estimate of drug-likeness (QED) is 0.907. The summed E-state index contributed by atoms with van der Waals surface area (Å²) in [5, 5.41) is 0. The maximum absolute atomic E-state index is 12.6. The van der Waals surface area contributed by atoms with Crippen molar-refractivity contribution >= 4 is 5.91 Å². The van der Waals surface area contributed by atoms with Crippen molar-refractivity contribution in [2.75, 3.05) is 13.6 Å². The molecule has 2 unspecified atom stereocenters. The first-order valence-corrected chi connectivity index (χ1v) is 7.45. The summed E-state index contributed by atoms with van der Waals surface area (Å²) in [4.78, 5) is 14.3. The van der Waals surface area contributed by atoms with Crippen LogP contribution < -0.4 is 5.73 Å². The summed E-state index contributed by atoms with van der Waals surface area (Å²) in [6.45, 7) is 0.104. The maximum atomic E-state index is 12.6. The number of hydrogen-bond acceptors (Lipinski definition) is 2. The molecule has 2 rings (SSSR count). The van der Waals surface area contributed by atoms with Crippen molar-refractivity contribution in [1.29, 1.82) is 0 Å². The van der Waals surface area contributed by atoms with Gasteiger partial charge in [0.25, 0.3) is 12.3 Å². The number of halogens is 2. The monoisotopic (exact) mass is 299 g/mol. The summed E-state index contributed by atoms with van der Waals surface area (Å²) in [5.74, 6) is 0.0946. The summed E-state index contributed by atoms with van der Waals surface area (Å²) >= 11 is 0. The normalized spacial score (nSPS) is 22.5. The Balaban J connectivity index is 2.13. The molecule has 2 atom stereocenters. The van der Waals surface area contributed by atoms with E-state index < -0.39 is 13.0 Å². The highest BCUT2D eigenvalue weighted by atomic mass is 19.3. The van der Waals surface area contributed by atoms with E-state index in [2.05, 4.69) is 0 Å². The van der Waals surface area contributed by atoms with Crippen molar-refractivity contribution in [3.63, 3.8) is 0 Å². The van der Waals surface area contributed by atoms with Gasteiger partial charge in [-0.05, 0) is 37.4 Å². The first-order chi connectivity index (χ1) is 10.0. The van der Waals surface area contributed by atoms with E-state index in [9.17, 15) is 13.6 Å². The molecule has 1 aromatic rings. The standard InChI is InChI=1S/C15H23F2N3O/c1-19(12-6-3-2-5-11(12)9-18)15(21)13-7-4-8-20(13)10-14(16)17/h4,7-8,11-12,14H,2-3,5-6,9-10,18H2,1H3. The molecule has 1 saturated carbocycles. The molecule has 1 aliphatic carbocycles. The average molecular weight is 299 g/mol. The molecule has 2 N–H and O–H groups in total. The largest absolute Gasteiger partial charge is 0.338 e. The van der Waals surface area contributed by atoms with Crippen LogP contribution in [-0.2, 0) is 6.54 Å². The van der Waals surface area contributed by atoms with Crippen LogP contribution in [0.15, 0.2) is 18.3 Å². The molecule has 0 radical (unpaired) electrons. The fraction of sp³-hybridized carbons (Fsp3) is 0.667. The summed E-state index contributed by atoms with van der Waals surface area (Å²) in [5.41, 5.74) is 6.12. The van der Waals surface area contributed by atoms with Crippen LogP contribution in [0.4, 0.5) is 8.78 Å². The van der Waals surface area contributed by atoms with Gasteiger partial charge >= 0.3 is 0 Å². The molecule has 118 valence electrons. The summed E-state index contributed by atoms with van der Waals surface area (Å²) in [7, 11) is 1.75. The van der Waals surface area contributed by atoms with Gasteiger partial charge in [-0.25, -0.2) is 8.78 Å². The Morgan fingerprint density at radius 1 is 1.48 bits per heavy atom. The third-order valence-electron chi connectivity index (χ3n) is 4.37. The van der Waals surface area contributed by atoms with Crippen molar-refractivity contribution in [2.45, 2.75) is 44.7 Å². The Hall–Kier alpha value is -1.43. The van der Waals surface area contributed by atoms with E-state index in [-0.39, 0.29) is 11.9 Å². The zero-order valence-corrected chi connectivity index (χ0v) is 12.3. The molecular weight excluding hydrogens is 276 g/mol. The van der Waals surface area contributed by atoms with Crippen molar-refractivity contribution in [3.05, 3.63) is 24.0 Å². The van der Waals surface area contributed by atoms with E-state index in [0.717, 1.165) is 25.7 Å². The van der Waals surface area contributed by atoms with Gasteiger partial charge in [0.15, 0.2) is 0 Å². The number of rotatable bonds is 5. The fourth-order valence-electron chi connectivity index (χ4n) is 3.22. The van der Waals surface area contributed by atoms with Gasteiger partial charge < -0.3 is 15.2 Å². The zero-order valence-electron chi connectivity index (χ0n) is 12.3. The second-order valence-corrected chi connectivity index (χ2v) is 5.70. The van der Waals surface area contributed by atoms with Crippen LogP contribution in [-0.4, -0.2) is 41.4 Å². The number of nitrogens with two attached hydrogens (primary N) is 1. The zero-order chi connectivity index (χ0) is 15.4. The van der Waals surface area contributed by atoms with Crippen molar-refractivity contribution in [1.82, 2.24) is 9.47 Å². The first kappa shape index (κ1) is 15.9. The molecule has 21 heavy (non-hydrogen) atoms. The second kappa shape index (κ2) is 7.02. The molecule has 0 spiro atoms. The van der Waals surface area contributed by atoms with Crippen LogP contribution in [0.5, 0.6) is 0 Å². The van der Waals surface area contributed by atoms with Crippen LogP contribution in [0.1, 0.15) is 36.2 Å². The smallest absolute Gasteiger partial charge is 0.270 e. The van der Waals surface area contributed by atoms with Gasteiger partial charge in [-0.1, -0.05) is 12.8 Å². The Morgan fingerprint density at radius 3 is 2.86 bits per heavy atom. The molecule has 0 aliphatic heterocycles. The lowest BCUT2D eigenvalue weighted by molar-refractivity contribution is 0.0602. The van der Waals surface area contributed by atoms with E-state index in [1.54, 1.807) is 24.1 Å². The van der Waals surface area contributed by atoms with Crippen molar-refractivity contribution < 1.29 is 13.6 Å². The molecule has 1 fully saturated rings. The number of carbonyl (C=O) groups excluding carboxylic acids is 1. The van der Waals surface area contributed by atoms with Crippen molar-refractivity contribution in [2.24, 2.45) is 11.7 Å². The number of hydrogen-bond donors (Lipinski definition) is 1. The van der Waals surface area contributed by atoms with E-state index >= 15 is 0 Å². The number of amides is 1. The molecule has 1 heterocycles. The maximum Gasteiger partial charge on any atom is 0.270 e. The number of carbonyl (C=O) groups is 1. The third-order valence-corrected chi connectivity index (χ3v) is 4.37. The van der Waals surface area contributed by atoms with Gasteiger partial charge in [0.2, 0.25) is 0 Å². The van der Waals surface area contributed by atoms with Gasteiger partial charge in [-0.2, -0.15) is 0 Å². The Labute approximate surface area is 123 Å². The fourth-order valence-corrected chi connectivity index (χ4v) is 3.22. The van der Waals surface area contributed by atoms with Gasteiger partial charge in [0.05, 0.1) is 6.54 Å². The summed E-state index contributed by atoms with van der Waals surface area (Å²) < 4.78 is 26.4. The van der Waals surface area contributed by atoms with E-state index in [4.69, 9.17) is 5.73 Å². The second-order valence-electron chi connectivity index (χ2n) is 5.70. The molecule has 0 saturated heterocycles. The topological polar surface area (TPSA) is 51.3 Å². The summed E-state index contributed by atoms with van der Waals surface area (Å²) in [6, 6.07) is 3.33. The van der Waals surface area contributed by atoms with Crippen LogP contribution in [0.25, 0.3) is 0 Å². The minimum atomic E-state index is -2.47. The van der Waals surface area contributed by atoms with E-state index in [0.29, 0.717) is 18.2 Å². The van der Waals surface area contributed by atoms with Crippen LogP contribution in [0.3, 0.4) is 0 Å². The lowest BCUT2D eigenvalue weighted by Gasteiger charge is -2.37. The molecule has 1 aliphatic rings.